The second-order valence-corrected chi connectivity index (χ2v) is 1.51. The SMILES string of the molecule is Cl.NC(N)=O.O=C(Cl)Cl. The van der Waals surface area contributed by atoms with Gasteiger partial charge in [0, 0.05) is 0 Å². The van der Waals surface area contributed by atoms with Crippen LogP contribution in [0.2, 0.25) is 0 Å². The molecule has 0 aliphatic heterocycles. The minimum absolute atomic E-state index is 0. The van der Waals surface area contributed by atoms with Gasteiger partial charge in [0.15, 0.2) is 0 Å². The Balaban J connectivity index is -0.0000000720. The minimum atomic E-state index is -0.889. The van der Waals surface area contributed by atoms with Gasteiger partial charge in [-0.1, -0.05) is 0 Å². The van der Waals surface area contributed by atoms with Crippen molar-refractivity contribution in [1.82, 2.24) is 0 Å². The Morgan fingerprint density at radius 1 is 1.11 bits per heavy atom. The van der Waals surface area contributed by atoms with Crippen molar-refractivity contribution in [2.45, 2.75) is 0 Å². The van der Waals surface area contributed by atoms with Gasteiger partial charge < -0.3 is 11.5 Å². The number of carbonyl (C=O) groups is 2. The van der Waals surface area contributed by atoms with Crippen LogP contribution < -0.4 is 11.5 Å². The van der Waals surface area contributed by atoms with Gasteiger partial charge in [-0.25, -0.2) is 4.79 Å². The maximum absolute atomic E-state index is 9.00. The van der Waals surface area contributed by atoms with Gasteiger partial charge in [-0.3, -0.25) is 4.79 Å². The number of rotatable bonds is 0. The Bertz CT molecular complexity index is 75.8. The molecule has 0 unspecified atom stereocenters. The summed E-state index contributed by atoms with van der Waals surface area (Å²) in [6.45, 7) is 0. The first kappa shape index (κ1) is 15.9. The molecule has 0 atom stereocenters. The molecular weight excluding hydrogens is 190 g/mol. The van der Waals surface area contributed by atoms with Crippen LogP contribution in [0.25, 0.3) is 0 Å². The number of halogens is 3. The molecule has 0 heterocycles. The van der Waals surface area contributed by atoms with E-state index >= 15 is 0 Å². The lowest BCUT2D eigenvalue weighted by molar-refractivity contribution is 0.256. The fourth-order valence-corrected chi connectivity index (χ4v) is 0. The fraction of sp³-hybridized carbons (Fsp3) is 0. The van der Waals surface area contributed by atoms with Gasteiger partial charge in [-0.05, 0) is 23.2 Å². The maximum Gasteiger partial charge on any atom is 0.313 e. The van der Waals surface area contributed by atoms with Crippen molar-refractivity contribution in [3.63, 3.8) is 0 Å². The van der Waals surface area contributed by atoms with E-state index in [2.05, 4.69) is 34.7 Å². The molecule has 0 radical (unpaired) electrons. The molecule has 0 saturated heterocycles. The predicted molar refractivity (Wildman–Crippen MR) is 38.1 cm³/mol. The predicted octanol–water partition coefficient (Wildman–Crippen LogP) is 1.03. The van der Waals surface area contributed by atoms with E-state index in [0.717, 1.165) is 0 Å². The first-order valence-corrected chi connectivity index (χ1v) is 2.12. The molecule has 0 spiro atoms. The summed E-state index contributed by atoms with van der Waals surface area (Å²) in [4.78, 5) is 18.0. The quantitative estimate of drug-likeness (QED) is 0.566. The molecule has 0 aromatic carbocycles. The zero-order chi connectivity index (χ0) is 7.15. The number of hydrogen-bond donors (Lipinski definition) is 2. The van der Waals surface area contributed by atoms with Crippen molar-refractivity contribution in [1.29, 1.82) is 0 Å². The molecule has 0 fully saturated rings. The topological polar surface area (TPSA) is 86.2 Å². The molecule has 2 amide bonds. The van der Waals surface area contributed by atoms with Crippen LogP contribution in [0.3, 0.4) is 0 Å². The van der Waals surface area contributed by atoms with E-state index in [-0.39, 0.29) is 12.4 Å². The summed E-state index contributed by atoms with van der Waals surface area (Å²) in [6, 6.07) is -0.833. The van der Waals surface area contributed by atoms with Crippen LogP contribution in [0.4, 0.5) is 9.59 Å². The Morgan fingerprint density at radius 2 is 1.11 bits per heavy atom. The molecular formula is C2H5Cl3N2O2. The van der Waals surface area contributed by atoms with Crippen molar-refractivity contribution in [3.8, 4) is 0 Å². The highest BCUT2D eigenvalue weighted by Gasteiger charge is 1.72. The van der Waals surface area contributed by atoms with Crippen LogP contribution in [-0.4, -0.2) is 10.7 Å². The number of hydrogen-bond acceptors (Lipinski definition) is 2. The van der Waals surface area contributed by atoms with Crippen LogP contribution in [0.15, 0.2) is 0 Å². The summed E-state index contributed by atoms with van der Waals surface area (Å²) in [7, 11) is 0. The second kappa shape index (κ2) is 10.7. The Hall–Kier alpha value is -0.190. The molecule has 0 bridgehead atoms. The molecule has 0 saturated carbocycles. The van der Waals surface area contributed by atoms with Crippen molar-refractivity contribution >= 4 is 46.3 Å². The molecule has 9 heavy (non-hydrogen) atoms. The lowest BCUT2D eigenvalue weighted by Crippen LogP contribution is -2.18. The summed E-state index contributed by atoms with van der Waals surface area (Å²) in [5.74, 6) is 0. The summed E-state index contributed by atoms with van der Waals surface area (Å²) >= 11 is 8.80. The van der Waals surface area contributed by atoms with E-state index in [1.165, 1.54) is 0 Å². The minimum Gasteiger partial charge on any atom is -0.352 e. The molecule has 4 nitrogen and oxygen atoms in total. The van der Waals surface area contributed by atoms with E-state index in [1.54, 1.807) is 0 Å². The highest BCUT2D eigenvalue weighted by atomic mass is 35.5. The first-order valence-electron chi connectivity index (χ1n) is 1.36. The van der Waals surface area contributed by atoms with E-state index in [9.17, 15) is 0 Å². The molecule has 56 valence electrons. The van der Waals surface area contributed by atoms with Crippen LogP contribution in [0.1, 0.15) is 0 Å². The molecule has 4 N–H and O–H groups in total. The summed E-state index contributed by atoms with van der Waals surface area (Å²) in [6.07, 6.45) is 0. The highest BCUT2D eigenvalue weighted by Crippen LogP contribution is 1.84. The average molecular weight is 195 g/mol. The van der Waals surface area contributed by atoms with Gasteiger partial charge in [0.05, 0.1) is 0 Å². The number of amides is 2. The van der Waals surface area contributed by atoms with Crippen LogP contribution in [0, 0.1) is 0 Å². The fourth-order valence-electron chi connectivity index (χ4n) is 0. The number of urea groups is 1. The van der Waals surface area contributed by atoms with E-state index in [0.29, 0.717) is 0 Å². The van der Waals surface area contributed by atoms with Gasteiger partial charge >= 0.3 is 10.7 Å². The third-order valence-electron chi connectivity index (χ3n) is 0. The number of primary amides is 2. The van der Waals surface area contributed by atoms with E-state index < -0.39 is 10.7 Å². The van der Waals surface area contributed by atoms with Gasteiger partial charge in [-0.2, -0.15) is 0 Å². The third-order valence-corrected chi connectivity index (χ3v) is 0. The molecule has 0 aromatic rings. The number of carbonyl (C=O) groups excluding carboxylic acids is 2. The third kappa shape index (κ3) is 7300. The smallest absolute Gasteiger partial charge is 0.313 e. The average Bonchev–Trinajstić information content (AvgIpc) is 1.25. The number of nitrogens with two attached hydrogens (primary N) is 2. The molecule has 7 heteroatoms. The maximum atomic E-state index is 9.00. The van der Waals surface area contributed by atoms with Crippen molar-refractivity contribution in [2.24, 2.45) is 11.5 Å². The summed E-state index contributed by atoms with van der Waals surface area (Å²) < 4.78 is -0.889. The normalized spacial score (nSPS) is 5.56. The van der Waals surface area contributed by atoms with Gasteiger partial charge in [0.25, 0.3) is 0 Å². The van der Waals surface area contributed by atoms with Crippen LogP contribution in [0.5, 0.6) is 0 Å². The lowest BCUT2D eigenvalue weighted by Gasteiger charge is -1.62. The van der Waals surface area contributed by atoms with Gasteiger partial charge in [0.1, 0.15) is 0 Å². The zero-order valence-electron chi connectivity index (χ0n) is 4.14. The monoisotopic (exact) mass is 194 g/mol. The van der Waals surface area contributed by atoms with Gasteiger partial charge in [0.2, 0.25) is 0 Å². The molecule has 0 rings (SSSR count). The van der Waals surface area contributed by atoms with Crippen LogP contribution in [-0.2, 0) is 0 Å². The Labute approximate surface area is 67.9 Å². The summed E-state index contributed by atoms with van der Waals surface area (Å²) in [5.41, 5.74) is 8.50. The van der Waals surface area contributed by atoms with E-state index in [1.807, 2.05) is 0 Å². The second-order valence-electron chi connectivity index (χ2n) is 0.628. The van der Waals surface area contributed by atoms with Crippen LogP contribution >= 0.6 is 35.6 Å². The Kier molecular flexibility index (Phi) is 19.0. The molecule has 0 aliphatic carbocycles. The first-order chi connectivity index (χ1) is 3.46. The largest absolute Gasteiger partial charge is 0.352 e. The highest BCUT2D eigenvalue weighted by molar-refractivity contribution is 6.93. The zero-order valence-corrected chi connectivity index (χ0v) is 6.46. The molecule has 0 aliphatic rings. The van der Waals surface area contributed by atoms with E-state index in [4.69, 9.17) is 9.59 Å². The standard InChI is InChI=1S/CCl2O.CH4N2O.ClH/c2*2-1(3)4;/h;(H4,2,3,4);1H. The van der Waals surface area contributed by atoms with Crippen molar-refractivity contribution < 1.29 is 9.59 Å². The lowest BCUT2D eigenvalue weighted by atomic mass is 11.2. The van der Waals surface area contributed by atoms with Crippen molar-refractivity contribution in [2.75, 3.05) is 0 Å². The van der Waals surface area contributed by atoms with Crippen molar-refractivity contribution in [3.05, 3.63) is 0 Å². The summed E-state index contributed by atoms with van der Waals surface area (Å²) in [5, 5.41) is 0. The van der Waals surface area contributed by atoms with Gasteiger partial charge in [-0.15, -0.1) is 12.4 Å². The molecule has 0 aromatic heterocycles. The Morgan fingerprint density at radius 3 is 1.11 bits per heavy atom.